The van der Waals surface area contributed by atoms with Crippen LogP contribution in [0.15, 0.2) is 70.0 Å². The Morgan fingerprint density at radius 3 is 2.44 bits per heavy atom. The van der Waals surface area contributed by atoms with Crippen molar-refractivity contribution in [3.8, 4) is 22.7 Å². The number of aromatic nitrogens is 3. The number of carbonyl (C=O) groups excluding carboxylic acids is 1. The lowest BCUT2D eigenvalue weighted by atomic mass is 10.1. The number of rotatable bonds is 5. The maximum atomic E-state index is 13.4. The fraction of sp³-hybridized carbons (Fsp3) is 0.0435. The number of carbonyl (C=O) groups is 1. The highest BCUT2D eigenvalue weighted by atomic mass is 35.5. The first-order valence-corrected chi connectivity index (χ1v) is 11.3. The summed E-state index contributed by atoms with van der Waals surface area (Å²) in [5.41, 5.74) is 6.56. The Labute approximate surface area is 208 Å². The zero-order valence-electron chi connectivity index (χ0n) is 17.8. The molecule has 36 heavy (non-hydrogen) atoms. The van der Waals surface area contributed by atoms with Gasteiger partial charge in [-0.2, -0.15) is 0 Å². The zero-order chi connectivity index (χ0) is 25.6. The first kappa shape index (κ1) is 23.6. The topological polar surface area (TPSA) is 115 Å². The Bertz CT molecular complexity index is 1660. The van der Waals surface area contributed by atoms with E-state index in [0.717, 1.165) is 33.7 Å². The molecule has 0 fully saturated rings. The van der Waals surface area contributed by atoms with Crippen LogP contribution in [0.1, 0.15) is 15.4 Å². The highest BCUT2D eigenvalue weighted by molar-refractivity contribution is 7.21. The van der Waals surface area contributed by atoms with Crippen molar-refractivity contribution in [2.45, 2.75) is 6.36 Å². The van der Waals surface area contributed by atoms with Gasteiger partial charge in [0.05, 0.1) is 11.4 Å². The number of ketones is 1. The summed E-state index contributed by atoms with van der Waals surface area (Å²) in [7, 11) is 0. The van der Waals surface area contributed by atoms with Crippen molar-refractivity contribution in [1.29, 1.82) is 0 Å². The number of ether oxygens (including phenoxy) is 1. The van der Waals surface area contributed by atoms with Crippen LogP contribution in [0.25, 0.3) is 27.2 Å². The molecule has 13 heteroatoms. The van der Waals surface area contributed by atoms with Gasteiger partial charge < -0.3 is 10.5 Å². The van der Waals surface area contributed by atoms with Gasteiger partial charge in [0.1, 0.15) is 15.5 Å². The number of nitrogens with two attached hydrogens (primary N) is 1. The number of pyridine rings is 1. The van der Waals surface area contributed by atoms with Gasteiger partial charge in [0.25, 0.3) is 5.78 Å². The summed E-state index contributed by atoms with van der Waals surface area (Å²) >= 11 is 6.94. The third-order valence-corrected chi connectivity index (χ3v) is 6.50. The van der Waals surface area contributed by atoms with E-state index < -0.39 is 29.2 Å². The van der Waals surface area contributed by atoms with Crippen LogP contribution in [0.5, 0.6) is 5.75 Å². The lowest BCUT2D eigenvalue weighted by Crippen LogP contribution is -2.41. The van der Waals surface area contributed by atoms with Crippen molar-refractivity contribution >= 4 is 44.6 Å². The molecular formula is C23H13ClF3N4O4S+. The summed E-state index contributed by atoms with van der Waals surface area (Å²) in [6.45, 7) is 0. The smallest absolute Gasteiger partial charge is 0.406 e. The number of halogens is 4. The molecule has 3 heterocycles. The van der Waals surface area contributed by atoms with Gasteiger partial charge >= 0.3 is 17.7 Å². The molecule has 2 aromatic carbocycles. The first-order chi connectivity index (χ1) is 17.1. The van der Waals surface area contributed by atoms with Crippen LogP contribution in [0.2, 0.25) is 5.02 Å². The second-order valence-electron chi connectivity index (χ2n) is 7.44. The molecule has 0 aliphatic heterocycles. The van der Waals surface area contributed by atoms with Crippen LogP contribution < -0.4 is 20.8 Å². The molecule has 0 aliphatic carbocycles. The first-order valence-electron chi connectivity index (χ1n) is 10.1. The number of thiophene rings is 1. The highest BCUT2D eigenvalue weighted by Gasteiger charge is 2.35. The second-order valence-corrected chi connectivity index (χ2v) is 8.87. The van der Waals surface area contributed by atoms with Gasteiger partial charge in [-0.25, -0.2) is 9.78 Å². The fourth-order valence-electron chi connectivity index (χ4n) is 3.50. The van der Waals surface area contributed by atoms with Crippen LogP contribution in [-0.4, -0.2) is 22.4 Å². The number of alkyl halides is 3. The number of hydrogen-bond acceptors (Lipinski definition) is 7. The van der Waals surface area contributed by atoms with Gasteiger partial charge in [0, 0.05) is 28.1 Å². The molecule has 0 radical (unpaired) electrons. The van der Waals surface area contributed by atoms with Gasteiger partial charge in [0.15, 0.2) is 0 Å². The molecule has 0 spiro atoms. The molecule has 0 unspecified atom stereocenters. The number of anilines is 1. The molecular weight excluding hydrogens is 521 g/mol. The zero-order valence-corrected chi connectivity index (χ0v) is 19.4. The Kier molecular flexibility index (Phi) is 5.77. The normalized spacial score (nSPS) is 11.7. The molecule has 0 amide bonds. The van der Waals surface area contributed by atoms with Crippen molar-refractivity contribution < 1.29 is 31.9 Å². The largest absolute Gasteiger partial charge is 0.573 e. The van der Waals surface area contributed by atoms with E-state index in [-0.39, 0.29) is 16.3 Å². The Morgan fingerprint density at radius 2 is 1.78 bits per heavy atom. The molecule has 0 bridgehead atoms. The Balaban J connectivity index is 1.52. The predicted octanol–water partition coefficient (Wildman–Crippen LogP) is 4.89. The van der Waals surface area contributed by atoms with Crippen LogP contribution >= 0.6 is 22.9 Å². The van der Waals surface area contributed by atoms with Crippen LogP contribution in [0.4, 0.5) is 18.9 Å². The number of nitrogens with one attached hydrogen (secondary N) is 1. The van der Waals surface area contributed by atoms with E-state index in [1.54, 1.807) is 36.4 Å². The van der Waals surface area contributed by atoms with Crippen molar-refractivity contribution in [3.63, 3.8) is 0 Å². The standard InChI is InChI=1S/C23H12ClF3N4O4S/c24-12-3-1-11(2-4-12)16-10-9-15-17(28)20(36-21(15)29-16)19(32)18-22(33)35-30-31(18)13-5-7-14(8-6-13)34-23(25,26)27/h1-10H,(H2-,28,30,32,33)/p+1. The second kappa shape index (κ2) is 8.81. The third kappa shape index (κ3) is 4.43. The van der Waals surface area contributed by atoms with E-state index in [1.807, 2.05) is 0 Å². The van der Waals surface area contributed by atoms with E-state index >= 15 is 0 Å². The van der Waals surface area contributed by atoms with Gasteiger partial charge in [-0.1, -0.05) is 23.7 Å². The van der Waals surface area contributed by atoms with Crippen molar-refractivity contribution in [2.24, 2.45) is 0 Å². The quantitative estimate of drug-likeness (QED) is 0.246. The lowest BCUT2D eigenvalue weighted by Gasteiger charge is -2.07. The molecule has 5 aromatic rings. The third-order valence-electron chi connectivity index (χ3n) is 5.13. The van der Waals surface area contributed by atoms with Crippen LogP contribution in [0.3, 0.4) is 0 Å². The minimum Gasteiger partial charge on any atom is -0.406 e. The van der Waals surface area contributed by atoms with Crippen LogP contribution in [-0.2, 0) is 0 Å². The van der Waals surface area contributed by atoms with Crippen LogP contribution in [0, 0.1) is 0 Å². The number of nitrogens with zero attached hydrogens (tertiary/aromatic N) is 2. The van der Waals surface area contributed by atoms with E-state index in [2.05, 4.69) is 15.0 Å². The average Bonchev–Trinajstić information content (AvgIpc) is 3.38. The number of aromatic amines is 1. The summed E-state index contributed by atoms with van der Waals surface area (Å²) in [4.78, 5) is 30.9. The molecule has 5 rings (SSSR count). The Morgan fingerprint density at radius 1 is 1.08 bits per heavy atom. The van der Waals surface area contributed by atoms with E-state index in [9.17, 15) is 22.8 Å². The van der Waals surface area contributed by atoms with E-state index in [1.165, 1.54) is 12.1 Å². The summed E-state index contributed by atoms with van der Waals surface area (Å²) in [5.74, 6) is -1.21. The highest BCUT2D eigenvalue weighted by Crippen LogP contribution is 2.35. The summed E-state index contributed by atoms with van der Waals surface area (Å²) < 4.78 is 46.9. The fourth-order valence-corrected chi connectivity index (χ4v) is 4.66. The number of hydrogen-bond donors (Lipinski definition) is 2. The molecule has 0 saturated carbocycles. The van der Waals surface area contributed by atoms with E-state index in [0.29, 0.717) is 20.9 Å². The molecule has 3 aromatic heterocycles. The molecule has 182 valence electrons. The SMILES string of the molecule is Nc1c(C(=O)c2c(=O)o[nH][n+]2-c2ccc(OC(F)(F)F)cc2)sc2nc(-c3ccc(Cl)cc3)ccc12. The lowest BCUT2D eigenvalue weighted by molar-refractivity contribution is -0.672. The van der Waals surface area contributed by atoms with Crippen molar-refractivity contribution in [3.05, 3.63) is 86.7 Å². The average molecular weight is 534 g/mol. The molecule has 0 saturated heterocycles. The maximum absolute atomic E-state index is 13.4. The van der Waals surface area contributed by atoms with Gasteiger partial charge in [-0.3, -0.25) is 9.32 Å². The maximum Gasteiger partial charge on any atom is 0.573 e. The van der Waals surface area contributed by atoms with E-state index in [4.69, 9.17) is 21.9 Å². The van der Waals surface area contributed by atoms with Gasteiger partial charge in [0.2, 0.25) is 5.69 Å². The molecule has 3 N–H and O–H groups in total. The molecule has 0 aliphatic rings. The molecule has 8 nitrogen and oxygen atoms in total. The number of benzene rings is 2. The minimum atomic E-state index is -4.86. The van der Waals surface area contributed by atoms with Gasteiger partial charge in [-0.15, -0.1) is 24.5 Å². The number of nitrogen functional groups attached to an aromatic ring is 1. The number of fused-ring (bicyclic) bond motifs is 1. The molecule has 0 atom stereocenters. The van der Waals surface area contributed by atoms with Crippen molar-refractivity contribution in [1.82, 2.24) is 10.3 Å². The van der Waals surface area contributed by atoms with Gasteiger partial charge in [-0.05, 0) is 46.4 Å². The van der Waals surface area contributed by atoms with Crippen molar-refractivity contribution in [2.75, 3.05) is 5.73 Å². The minimum absolute atomic E-state index is 0.0587. The summed E-state index contributed by atoms with van der Waals surface area (Å²) in [5, 5.41) is 3.39. The summed E-state index contributed by atoms with van der Waals surface area (Å²) in [6, 6.07) is 15.0. The Hall–Kier alpha value is -4.16. The monoisotopic (exact) mass is 533 g/mol. The summed E-state index contributed by atoms with van der Waals surface area (Å²) in [6.07, 6.45) is -4.86. The predicted molar refractivity (Wildman–Crippen MR) is 125 cm³/mol. The number of H-pyrrole nitrogens is 1.